The summed E-state index contributed by atoms with van der Waals surface area (Å²) in [5.74, 6) is 0.489. The topological polar surface area (TPSA) is 36.4 Å². The summed E-state index contributed by atoms with van der Waals surface area (Å²) in [5.41, 5.74) is 0.155. The van der Waals surface area contributed by atoms with E-state index >= 15 is 0 Å². The minimum absolute atomic E-state index is 0.155. The fraction of sp³-hybridized carbons (Fsp3) is 0.800. The van der Waals surface area contributed by atoms with Gasteiger partial charge in [0.25, 0.3) is 0 Å². The van der Waals surface area contributed by atoms with Gasteiger partial charge in [0.05, 0.1) is 11.1 Å². The van der Waals surface area contributed by atoms with Crippen molar-refractivity contribution >= 4 is 11.3 Å². The van der Waals surface area contributed by atoms with Crippen LogP contribution in [-0.4, -0.2) is 34.2 Å². The molecule has 4 heteroatoms. The summed E-state index contributed by atoms with van der Waals surface area (Å²) in [4.78, 5) is 8.39. The van der Waals surface area contributed by atoms with Crippen molar-refractivity contribution in [1.82, 2.24) is 9.88 Å². The molecule has 1 aromatic heterocycles. The molecule has 0 spiro atoms. The normalized spacial score (nSPS) is 20.7. The second kappa shape index (κ2) is 5.90. The zero-order valence-electron chi connectivity index (χ0n) is 12.5. The van der Waals surface area contributed by atoms with Crippen LogP contribution in [0.15, 0.2) is 6.20 Å². The van der Waals surface area contributed by atoms with E-state index in [-0.39, 0.29) is 11.5 Å². The molecule has 1 aliphatic heterocycles. The van der Waals surface area contributed by atoms with Crippen LogP contribution >= 0.6 is 11.3 Å². The van der Waals surface area contributed by atoms with E-state index in [1.807, 2.05) is 24.5 Å². The minimum Gasteiger partial charge on any atom is -0.393 e. The molecule has 0 aromatic carbocycles. The molecule has 1 aliphatic rings. The van der Waals surface area contributed by atoms with Gasteiger partial charge in [-0.05, 0) is 38.8 Å². The van der Waals surface area contributed by atoms with Crippen LogP contribution in [0.2, 0.25) is 0 Å². The Kier molecular flexibility index (Phi) is 4.64. The predicted octanol–water partition coefficient (Wildman–Crippen LogP) is 3.03. The van der Waals surface area contributed by atoms with Gasteiger partial charge in [0.2, 0.25) is 0 Å². The van der Waals surface area contributed by atoms with Crippen LogP contribution in [0.1, 0.15) is 50.4 Å². The van der Waals surface area contributed by atoms with E-state index in [1.165, 1.54) is 9.88 Å². The smallest absolute Gasteiger partial charge is 0.0981 e. The summed E-state index contributed by atoms with van der Waals surface area (Å²) in [6, 6.07) is 0. The third kappa shape index (κ3) is 4.01. The maximum Gasteiger partial charge on any atom is 0.0981 e. The van der Waals surface area contributed by atoms with Crippen LogP contribution in [0.5, 0.6) is 0 Å². The van der Waals surface area contributed by atoms with E-state index in [4.69, 9.17) is 0 Å². The van der Waals surface area contributed by atoms with Crippen LogP contribution in [0.3, 0.4) is 0 Å². The highest BCUT2D eigenvalue weighted by Crippen LogP contribution is 2.28. The molecule has 108 valence electrons. The van der Waals surface area contributed by atoms with Crippen molar-refractivity contribution in [3.05, 3.63) is 16.1 Å². The second-order valence-electron chi connectivity index (χ2n) is 6.74. The molecule has 0 bridgehead atoms. The van der Waals surface area contributed by atoms with E-state index < -0.39 is 0 Å². The van der Waals surface area contributed by atoms with Gasteiger partial charge in [-0.25, -0.2) is 4.98 Å². The number of hydrogen-bond acceptors (Lipinski definition) is 4. The average molecular weight is 282 g/mol. The standard InChI is InChI=1S/C15H26N2OS/c1-11(18)12-5-7-17(8-6-12)10-13-9-16-14(19-13)15(2,3)4/h9,11-12,18H,5-8,10H2,1-4H3. The molecule has 1 fully saturated rings. The van der Waals surface area contributed by atoms with Gasteiger partial charge < -0.3 is 5.11 Å². The van der Waals surface area contributed by atoms with Crippen molar-refractivity contribution in [3.63, 3.8) is 0 Å². The number of nitrogens with zero attached hydrogens (tertiary/aromatic N) is 2. The Morgan fingerprint density at radius 3 is 2.53 bits per heavy atom. The molecule has 1 unspecified atom stereocenters. The minimum atomic E-state index is -0.155. The lowest BCUT2D eigenvalue weighted by molar-refractivity contribution is 0.0698. The molecule has 0 aliphatic carbocycles. The Hall–Kier alpha value is -0.450. The molecule has 1 N–H and O–H groups in total. The van der Waals surface area contributed by atoms with Crippen molar-refractivity contribution in [3.8, 4) is 0 Å². The van der Waals surface area contributed by atoms with E-state index in [9.17, 15) is 5.11 Å². The molecule has 1 atom stereocenters. The lowest BCUT2D eigenvalue weighted by Gasteiger charge is -2.32. The van der Waals surface area contributed by atoms with E-state index in [0.29, 0.717) is 5.92 Å². The van der Waals surface area contributed by atoms with Gasteiger partial charge in [-0.3, -0.25) is 4.90 Å². The van der Waals surface area contributed by atoms with Gasteiger partial charge >= 0.3 is 0 Å². The van der Waals surface area contributed by atoms with E-state index in [2.05, 4.69) is 30.7 Å². The number of aromatic nitrogens is 1. The molecule has 3 nitrogen and oxygen atoms in total. The Bertz CT molecular complexity index is 401. The fourth-order valence-electron chi connectivity index (χ4n) is 2.54. The summed E-state index contributed by atoms with van der Waals surface area (Å²) in [6.45, 7) is 11.8. The third-order valence-electron chi connectivity index (χ3n) is 3.89. The average Bonchev–Trinajstić information content (AvgIpc) is 2.78. The van der Waals surface area contributed by atoms with Crippen LogP contribution in [0.25, 0.3) is 0 Å². The number of likely N-dealkylation sites (tertiary alicyclic amines) is 1. The maximum atomic E-state index is 9.62. The van der Waals surface area contributed by atoms with Gasteiger partial charge in [0.15, 0.2) is 0 Å². The molecular formula is C15H26N2OS. The molecule has 0 amide bonds. The lowest BCUT2D eigenvalue weighted by Crippen LogP contribution is -2.36. The number of rotatable bonds is 3. The first kappa shape index (κ1) is 14.9. The van der Waals surface area contributed by atoms with Crippen LogP contribution < -0.4 is 0 Å². The molecule has 0 saturated carbocycles. The van der Waals surface area contributed by atoms with Gasteiger partial charge in [-0.2, -0.15) is 0 Å². The highest BCUT2D eigenvalue weighted by molar-refractivity contribution is 7.11. The fourth-order valence-corrected chi connectivity index (χ4v) is 3.55. The molecule has 19 heavy (non-hydrogen) atoms. The largest absolute Gasteiger partial charge is 0.393 e. The summed E-state index contributed by atoms with van der Waals surface area (Å²) in [6.07, 6.45) is 4.11. The van der Waals surface area contributed by atoms with Crippen LogP contribution in [0.4, 0.5) is 0 Å². The predicted molar refractivity (Wildman–Crippen MR) is 80.5 cm³/mol. The number of piperidine rings is 1. The molecule has 1 aromatic rings. The maximum absolute atomic E-state index is 9.62. The zero-order valence-corrected chi connectivity index (χ0v) is 13.3. The summed E-state index contributed by atoms with van der Waals surface area (Å²) >= 11 is 1.84. The molecule has 2 rings (SSSR count). The van der Waals surface area contributed by atoms with Crippen LogP contribution in [0, 0.1) is 5.92 Å². The molecule has 1 saturated heterocycles. The van der Waals surface area contributed by atoms with Gasteiger partial charge in [0, 0.05) is 23.0 Å². The van der Waals surface area contributed by atoms with Crippen molar-refractivity contribution in [2.75, 3.05) is 13.1 Å². The number of aliphatic hydroxyl groups is 1. The molecular weight excluding hydrogens is 256 g/mol. The number of aliphatic hydroxyl groups excluding tert-OH is 1. The summed E-state index contributed by atoms with van der Waals surface area (Å²) in [5, 5.41) is 10.8. The molecule has 0 radical (unpaired) electrons. The summed E-state index contributed by atoms with van der Waals surface area (Å²) < 4.78 is 0. The first-order chi connectivity index (χ1) is 8.86. The highest BCUT2D eigenvalue weighted by atomic mass is 32.1. The van der Waals surface area contributed by atoms with E-state index in [0.717, 1.165) is 32.5 Å². The first-order valence-electron chi connectivity index (χ1n) is 7.22. The summed E-state index contributed by atoms with van der Waals surface area (Å²) in [7, 11) is 0. The van der Waals surface area contributed by atoms with Gasteiger partial charge in [-0.1, -0.05) is 20.8 Å². The highest BCUT2D eigenvalue weighted by Gasteiger charge is 2.24. The zero-order chi connectivity index (χ0) is 14.0. The van der Waals surface area contributed by atoms with Crippen LogP contribution in [-0.2, 0) is 12.0 Å². The second-order valence-corrected chi connectivity index (χ2v) is 7.85. The van der Waals surface area contributed by atoms with Gasteiger partial charge in [-0.15, -0.1) is 11.3 Å². The Labute approximate surface area is 120 Å². The van der Waals surface area contributed by atoms with Crippen molar-refractivity contribution in [2.24, 2.45) is 5.92 Å². The van der Waals surface area contributed by atoms with Crippen molar-refractivity contribution in [1.29, 1.82) is 0 Å². The van der Waals surface area contributed by atoms with Crippen molar-refractivity contribution in [2.45, 2.75) is 58.6 Å². The van der Waals surface area contributed by atoms with E-state index in [1.54, 1.807) is 0 Å². The Morgan fingerprint density at radius 1 is 1.42 bits per heavy atom. The quantitative estimate of drug-likeness (QED) is 0.926. The lowest BCUT2D eigenvalue weighted by atomic mass is 9.92. The Balaban J connectivity index is 1.87. The van der Waals surface area contributed by atoms with Crippen molar-refractivity contribution < 1.29 is 5.11 Å². The molecule has 2 heterocycles. The monoisotopic (exact) mass is 282 g/mol. The van der Waals surface area contributed by atoms with Gasteiger partial charge in [0.1, 0.15) is 0 Å². The SMILES string of the molecule is CC(O)C1CCN(Cc2cnc(C(C)(C)C)s2)CC1. The first-order valence-corrected chi connectivity index (χ1v) is 8.03. The number of hydrogen-bond donors (Lipinski definition) is 1. The third-order valence-corrected chi connectivity index (χ3v) is 5.30. The Morgan fingerprint density at radius 2 is 2.05 bits per heavy atom. The number of thiazole rings is 1.